The second-order valence-corrected chi connectivity index (χ2v) is 3.96. The smallest absolute Gasteiger partial charge is 0.248 e. The Labute approximate surface area is 106 Å². The van der Waals surface area contributed by atoms with E-state index in [2.05, 4.69) is 5.32 Å². The van der Waals surface area contributed by atoms with Gasteiger partial charge in [-0.1, -0.05) is 18.2 Å². The summed E-state index contributed by atoms with van der Waals surface area (Å²) >= 11 is 0. The third-order valence-corrected chi connectivity index (χ3v) is 2.76. The van der Waals surface area contributed by atoms with Gasteiger partial charge in [0, 0.05) is 16.4 Å². The van der Waals surface area contributed by atoms with Crippen molar-refractivity contribution in [2.45, 2.75) is 6.54 Å². The van der Waals surface area contributed by atoms with Crippen LogP contribution in [0.15, 0.2) is 42.6 Å². The number of rotatable bonds is 4. The normalized spacial score (nSPS) is 10.3. The van der Waals surface area contributed by atoms with Gasteiger partial charge in [-0.3, -0.25) is 4.84 Å². The van der Waals surface area contributed by atoms with Crippen LogP contribution in [0.4, 0.5) is 0 Å². The van der Waals surface area contributed by atoms with E-state index in [-0.39, 0.29) is 5.75 Å². The first-order valence-corrected chi connectivity index (χ1v) is 5.78. The van der Waals surface area contributed by atoms with E-state index in [1.165, 1.54) is 0 Å². The summed E-state index contributed by atoms with van der Waals surface area (Å²) in [6.45, 7) is 0.717. The molecule has 0 aliphatic heterocycles. The molecule has 0 atom stereocenters. The molecule has 2 rings (SSSR count). The van der Waals surface area contributed by atoms with E-state index in [0.717, 1.165) is 23.4 Å². The molecule has 0 saturated carbocycles. The Morgan fingerprint density at radius 3 is 2.67 bits per heavy atom. The fraction of sp³-hybridized carbons (Fsp3) is 0.214. The summed E-state index contributed by atoms with van der Waals surface area (Å²) in [7, 11) is 3.50. The zero-order chi connectivity index (χ0) is 13.0. The average molecular weight is 245 g/mol. The molecule has 0 aliphatic carbocycles. The second-order valence-electron chi connectivity index (χ2n) is 3.96. The van der Waals surface area contributed by atoms with Crippen molar-refractivity contribution in [2.24, 2.45) is 0 Å². The monoisotopic (exact) mass is 245 g/mol. The van der Waals surface area contributed by atoms with Crippen molar-refractivity contribution >= 4 is 0 Å². The topological polar surface area (TPSA) is 45.4 Å². The maximum atomic E-state index is 9.84. The molecule has 0 spiro atoms. The van der Waals surface area contributed by atoms with E-state index in [9.17, 15) is 5.11 Å². The molecule has 0 radical (unpaired) electrons. The lowest BCUT2D eigenvalue weighted by atomic mass is 10.1. The first kappa shape index (κ1) is 12.4. The molecule has 1 aromatic heterocycles. The van der Waals surface area contributed by atoms with Gasteiger partial charge < -0.3 is 10.4 Å². The Morgan fingerprint density at radius 1 is 1.22 bits per heavy atom. The molecular formula is C14H17N2O2+. The second kappa shape index (κ2) is 5.51. The van der Waals surface area contributed by atoms with Crippen LogP contribution in [0.5, 0.6) is 5.75 Å². The van der Waals surface area contributed by atoms with Gasteiger partial charge in [-0.05, 0) is 19.2 Å². The number of hydrogen-bond donors (Lipinski definition) is 2. The predicted molar refractivity (Wildman–Crippen MR) is 69.0 cm³/mol. The summed E-state index contributed by atoms with van der Waals surface area (Å²) in [5, 5.41) is 12.9. The molecule has 2 aromatic rings. The molecule has 0 saturated heterocycles. The first-order valence-electron chi connectivity index (χ1n) is 5.78. The van der Waals surface area contributed by atoms with Crippen LogP contribution < -0.4 is 14.9 Å². The quantitative estimate of drug-likeness (QED) is 0.794. The Bertz CT molecular complexity index is 541. The maximum absolute atomic E-state index is 9.84. The molecule has 1 heterocycles. The summed E-state index contributed by atoms with van der Waals surface area (Å²) in [5.41, 5.74) is 2.72. The number of nitrogens with zero attached hydrogens (tertiary/aromatic N) is 1. The minimum absolute atomic E-state index is 0.265. The molecule has 0 bridgehead atoms. The van der Waals surface area contributed by atoms with Crippen molar-refractivity contribution in [3.63, 3.8) is 0 Å². The highest BCUT2D eigenvalue weighted by Crippen LogP contribution is 2.27. The first-order chi connectivity index (χ1) is 8.76. The maximum Gasteiger partial charge on any atom is 0.248 e. The van der Waals surface area contributed by atoms with E-state index in [1.807, 2.05) is 37.5 Å². The number of nitrogens with one attached hydrogen (secondary N) is 1. The lowest BCUT2D eigenvalue weighted by Crippen LogP contribution is -2.45. The lowest BCUT2D eigenvalue weighted by Gasteiger charge is -2.05. The number of phenolic OH excluding ortho intramolecular Hbond substituents is 1. The number of pyridine rings is 1. The Balaban J connectivity index is 2.44. The molecule has 0 fully saturated rings. The molecule has 18 heavy (non-hydrogen) atoms. The summed E-state index contributed by atoms with van der Waals surface area (Å²) in [4.78, 5) is 5.29. The molecule has 0 unspecified atom stereocenters. The zero-order valence-electron chi connectivity index (χ0n) is 10.6. The van der Waals surface area contributed by atoms with Crippen LogP contribution in [-0.4, -0.2) is 19.3 Å². The summed E-state index contributed by atoms with van der Waals surface area (Å²) in [5.74, 6) is 0.265. The van der Waals surface area contributed by atoms with E-state index < -0.39 is 0 Å². The number of hydrogen-bond acceptors (Lipinski definition) is 3. The molecule has 2 N–H and O–H groups in total. The van der Waals surface area contributed by atoms with Crippen LogP contribution in [0.2, 0.25) is 0 Å². The lowest BCUT2D eigenvalue weighted by molar-refractivity contribution is -0.890. The van der Waals surface area contributed by atoms with E-state index in [4.69, 9.17) is 4.84 Å². The van der Waals surface area contributed by atoms with E-state index >= 15 is 0 Å². The fourth-order valence-electron chi connectivity index (χ4n) is 1.88. The molecule has 94 valence electrons. The van der Waals surface area contributed by atoms with E-state index in [0.29, 0.717) is 0 Å². The predicted octanol–water partition coefficient (Wildman–Crippen LogP) is 1.12. The largest absolute Gasteiger partial charge is 0.507 e. The highest BCUT2D eigenvalue weighted by Gasteiger charge is 2.14. The fourth-order valence-corrected chi connectivity index (χ4v) is 1.88. The SMILES string of the molecule is CNCc1ccc(-c2ccccc2O)c[n+]1OC. The zero-order valence-corrected chi connectivity index (χ0v) is 10.6. The van der Waals surface area contributed by atoms with E-state index in [1.54, 1.807) is 24.0 Å². The van der Waals surface area contributed by atoms with Crippen molar-refractivity contribution in [1.82, 2.24) is 5.32 Å². The molecule has 0 amide bonds. The van der Waals surface area contributed by atoms with Crippen molar-refractivity contribution < 1.29 is 14.7 Å². The molecule has 4 heteroatoms. The third-order valence-electron chi connectivity index (χ3n) is 2.76. The van der Waals surface area contributed by atoms with Gasteiger partial charge in [0.15, 0.2) is 0 Å². The van der Waals surface area contributed by atoms with Crippen LogP contribution in [0, 0.1) is 0 Å². The summed E-state index contributed by atoms with van der Waals surface area (Å²) in [6.07, 6.45) is 1.86. The van der Waals surface area contributed by atoms with Gasteiger partial charge in [-0.15, -0.1) is 0 Å². The van der Waals surface area contributed by atoms with Gasteiger partial charge in [0.1, 0.15) is 12.9 Å². The minimum atomic E-state index is 0.265. The van der Waals surface area contributed by atoms with Crippen molar-refractivity contribution in [3.05, 3.63) is 48.3 Å². The van der Waals surface area contributed by atoms with Crippen molar-refractivity contribution in [2.75, 3.05) is 14.2 Å². The molecule has 1 aromatic carbocycles. The number of benzene rings is 1. The summed E-state index contributed by atoms with van der Waals surface area (Å²) in [6, 6.07) is 11.2. The minimum Gasteiger partial charge on any atom is -0.507 e. The number of aromatic nitrogens is 1. The van der Waals surface area contributed by atoms with Gasteiger partial charge in [0.05, 0.1) is 12.1 Å². The molecule has 0 aliphatic rings. The molecule has 4 nitrogen and oxygen atoms in total. The Hall–Kier alpha value is -2.07. The number of aromatic hydroxyl groups is 1. The Morgan fingerprint density at radius 2 is 2.00 bits per heavy atom. The highest BCUT2D eigenvalue weighted by molar-refractivity contribution is 5.68. The van der Waals surface area contributed by atoms with Gasteiger partial charge in [-0.2, -0.15) is 0 Å². The van der Waals surface area contributed by atoms with Crippen LogP contribution in [0.25, 0.3) is 11.1 Å². The van der Waals surface area contributed by atoms with Gasteiger partial charge in [0.25, 0.3) is 0 Å². The highest BCUT2D eigenvalue weighted by atomic mass is 16.6. The van der Waals surface area contributed by atoms with Crippen LogP contribution in [-0.2, 0) is 6.54 Å². The van der Waals surface area contributed by atoms with Gasteiger partial charge in [-0.25, -0.2) is 0 Å². The van der Waals surface area contributed by atoms with Crippen LogP contribution in [0.1, 0.15) is 5.69 Å². The average Bonchev–Trinajstić information content (AvgIpc) is 2.40. The summed E-state index contributed by atoms with van der Waals surface area (Å²) < 4.78 is 1.69. The van der Waals surface area contributed by atoms with Crippen LogP contribution >= 0.6 is 0 Å². The van der Waals surface area contributed by atoms with Crippen molar-refractivity contribution in [3.8, 4) is 16.9 Å². The van der Waals surface area contributed by atoms with Gasteiger partial charge >= 0.3 is 0 Å². The number of para-hydroxylation sites is 1. The number of phenols is 1. The Kier molecular flexibility index (Phi) is 3.79. The standard InChI is InChI=1S/C14H16N2O2/c1-15-9-12-8-7-11(10-16(12)18-2)13-5-3-4-6-14(13)17/h3-8,10,15H,9H2,1-2H3/p+1. The molecular weight excluding hydrogens is 228 g/mol. The van der Waals surface area contributed by atoms with Gasteiger partial charge in [0.2, 0.25) is 11.9 Å². The third kappa shape index (κ3) is 2.43. The van der Waals surface area contributed by atoms with Crippen LogP contribution in [0.3, 0.4) is 0 Å². The van der Waals surface area contributed by atoms with Crippen molar-refractivity contribution in [1.29, 1.82) is 0 Å².